The molecule has 18 heavy (non-hydrogen) atoms. The molecular weight excluding hydrogens is 248 g/mol. The molecule has 0 bridgehead atoms. The number of thiophene rings is 1. The van der Waals surface area contributed by atoms with Crippen LogP contribution in [0.3, 0.4) is 0 Å². The maximum Gasteiger partial charge on any atom is 0.350 e. The fraction of sp³-hybridized carbons (Fsp3) is 0.615. The molecule has 5 heteroatoms. The molecule has 4 nitrogen and oxygen atoms in total. The first-order valence-corrected chi connectivity index (χ1v) is 7.20. The number of hydrogen-bond donors (Lipinski definition) is 2. The van der Waals surface area contributed by atoms with Crippen molar-refractivity contribution in [2.24, 2.45) is 5.92 Å². The van der Waals surface area contributed by atoms with E-state index in [1.807, 2.05) is 0 Å². The summed E-state index contributed by atoms with van der Waals surface area (Å²) in [4.78, 5) is 12.2. The predicted molar refractivity (Wildman–Crippen MR) is 73.2 cm³/mol. The number of anilines is 2. The number of nitrogen functional groups attached to an aromatic ring is 1. The molecule has 3 N–H and O–H groups in total. The average molecular weight is 266 g/mol. The number of esters is 1. The van der Waals surface area contributed by atoms with Crippen LogP contribution < -0.4 is 11.1 Å². The Kier molecular flexibility index (Phi) is 2.73. The summed E-state index contributed by atoms with van der Waals surface area (Å²) in [5, 5.41) is 4.61. The summed E-state index contributed by atoms with van der Waals surface area (Å²) >= 11 is 1.45. The predicted octanol–water partition coefficient (Wildman–Crippen LogP) is 2.81. The van der Waals surface area contributed by atoms with Gasteiger partial charge in [0, 0.05) is 11.6 Å². The second-order valence-electron chi connectivity index (χ2n) is 5.32. The average Bonchev–Trinajstić information content (AvgIpc) is 3.25. The van der Waals surface area contributed by atoms with Crippen molar-refractivity contribution in [3.8, 4) is 0 Å². The van der Waals surface area contributed by atoms with Gasteiger partial charge in [0.15, 0.2) is 0 Å². The number of rotatable bonds is 4. The molecule has 2 aliphatic rings. The SMILES string of the molecule is COC(=O)c1sc(NC2CC2C)c(C2CC2)c1N. The highest BCUT2D eigenvalue weighted by Crippen LogP contribution is 2.52. The fourth-order valence-electron chi connectivity index (χ4n) is 2.28. The highest BCUT2D eigenvalue weighted by Gasteiger charge is 2.37. The normalized spacial score (nSPS) is 25.9. The highest BCUT2D eigenvalue weighted by atomic mass is 32.1. The zero-order valence-electron chi connectivity index (χ0n) is 10.7. The maximum atomic E-state index is 11.7. The Labute approximate surface area is 111 Å². The first-order valence-electron chi connectivity index (χ1n) is 6.38. The van der Waals surface area contributed by atoms with Gasteiger partial charge in [-0.15, -0.1) is 11.3 Å². The summed E-state index contributed by atoms with van der Waals surface area (Å²) in [6.07, 6.45) is 3.56. The maximum absolute atomic E-state index is 11.7. The van der Waals surface area contributed by atoms with E-state index in [9.17, 15) is 4.79 Å². The van der Waals surface area contributed by atoms with Crippen molar-refractivity contribution >= 4 is 28.0 Å². The van der Waals surface area contributed by atoms with Crippen molar-refractivity contribution in [2.75, 3.05) is 18.2 Å². The largest absolute Gasteiger partial charge is 0.465 e. The molecule has 2 unspecified atom stereocenters. The third kappa shape index (κ3) is 1.96. The number of carbonyl (C=O) groups excluding carboxylic acids is 1. The zero-order chi connectivity index (χ0) is 12.9. The van der Waals surface area contributed by atoms with Crippen LogP contribution in [0.5, 0.6) is 0 Å². The summed E-state index contributed by atoms with van der Waals surface area (Å²) in [6.45, 7) is 2.23. The summed E-state index contributed by atoms with van der Waals surface area (Å²) in [6, 6.07) is 0.547. The number of nitrogens with one attached hydrogen (secondary N) is 1. The highest BCUT2D eigenvalue weighted by molar-refractivity contribution is 7.18. The van der Waals surface area contributed by atoms with Gasteiger partial charge < -0.3 is 15.8 Å². The third-order valence-electron chi connectivity index (χ3n) is 3.77. The lowest BCUT2D eigenvalue weighted by molar-refractivity contribution is 0.0607. The van der Waals surface area contributed by atoms with Gasteiger partial charge in [-0.05, 0) is 31.1 Å². The van der Waals surface area contributed by atoms with E-state index in [0.717, 1.165) is 16.5 Å². The van der Waals surface area contributed by atoms with E-state index in [2.05, 4.69) is 12.2 Å². The van der Waals surface area contributed by atoms with Gasteiger partial charge >= 0.3 is 5.97 Å². The zero-order valence-corrected chi connectivity index (χ0v) is 11.5. The molecule has 0 saturated heterocycles. The Morgan fingerprint density at radius 3 is 2.67 bits per heavy atom. The van der Waals surface area contributed by atoms with E-state index in [-0.39, 0.29) is 5.97 Å². The summed E-state index contributed by atoms with van der Waals surface area (Å²) in [5.74, 6) is 0.939. The summed E-state index contributed by atoms with van der Waals surface area (Å²) < 4.78 is 4.79. The quantitative estimate of drug-likeness (QED) is 0.822. The molecule has 0 aliphatic heterocycles. The van der Waals surface area contributed by atoms with Gasteiger partial charge in [-0.3, -0.25) is 0 Å². The van der Waals surface area contributed by atoms with Crippen LogP contribution in [0.2, 0.25) is 0 Å². The van der Waals surface area contributed by atoms with Gasteiger partial charge in [0.25, 0.3) is 0 Å². The van der Waals surface area contributed by atoms with Gasteiger partial charge in [-0.2, -0.15) is 0 Å². The molecule has 0 amide bonds. The first kappa shape index (κ1) is 11.8. The monoisotopic (exact) mass is 266 g/mol. The molecule has 98 valence electrons. The molecule has 2 fully saturated rings. The Hall–Kier alpha value is -1.23. The lowest BCUT2D eigenvalue weighted by atomic mass is 10.1. The Morgan fingerprint density at radius 1 is 1.50 bits per heavy atom. The Bertz CT molecular complexity index is 493. The van der Waals surface area contributed by atoms with Crippen molar-refractivity contribution in [2.45, 2.75) is 38.1 Å². The smallest absolute Gasteiger partial charge is 0.350 e. The van der Waals surface area contributed by atoms with Gasteiger partial charge in [-0.25, -0.2) is 4.79 Å². The molecule has 2 aliphatic carbocycles. The van der Waals surface area contributed by atoms with Gasteiger partial charge in [0.05, 0.1) is 17.8 Å². The van der Waals surface area contributed by atoms with Crippen molar-refractivity contribution in [3.63, 3.8) is 0 Å². The number of hydrogen-bond acceptors (Lipinski definition) is 5. The Balaban J connectivity index is 1.92. The van der Waals surface area contributed by atoms with E-state index < -0.39 is 0 Å². The van der Waals surface area contributed by atoms with Crippen LogP contribution in [0.1, 0.15) is 47.3 Å². The van der Waals surface area contributed by atoms with E-state index >= 15 is 0 Å². The van der Waals surface area contributed by atoms with Crippen LogP contribution >= 0.6 is 11.3 Å². The minimum Gasteiger partial charge on any atom is -0.465 e. The first-order chi connectivity index (χ1) is 8.61. The van der Waals surface area contributed by atoms with Crippen LogP contribution in [-0.4, -0.2) is 19.1 Å². The Morgan fingerprint density at radius 2 is 2.17 bits per heavy atom. The van der Waals surface area contributed by atoms with E-state index in [1.54, 1.807) is 0 Å². The molecule has 3 rings (SSSR count). The van der Waals surface area contributed by atoms with Gasteiger partial charge in [0.1, 0.15) is 4.88 Å². The standard InChI is InChI=1S/C13H18N2O2S/c1-6-5-8(6)15-12-9(7-3-4-7)10(14)11(18-12)13(16)17-2/h6-8,15H,3-5,14H2,1-2H3. The second kappa shape index (κ2) is 4.16. The number of ether oxygens (including phenoxy) is 1. The molecule has 2 atom stereocenters. The third-order valence-corrected chi connectivity index (χ3v) is 4.90. The second-order valence-corrected chi connectivity index (χ2v) is 6.34. The summed E-state index contributed by atoms with van der Waals surface area (Å²) in [7, 11) is 1.40. The molecule has 0 spiro atoms. The minimum atomic E-state index is -0.323. The van der Waals surface area contributed by atoms with Crippen molar-refractivity contribution in [1.29, 1.82) is 0 Å². The van der Waals surface area contributed by atoms with Crippen LogP contribution in [0, 0.1) is 5.92 Å². The molecule has 1 heterocycles. The molecule has 0 aromatic carbocycles. The van der Waals surface area contributed by atoms with E-state index in [1.165, 1.54) is 37.7 Å². The van der Waals surface area contributed by atoms with Crippen LogP contribution in [0.25, 0.3) is 0 Å². The summed E-state index contributed by atoms with van der Waals surface area (Å²) in [5.41, 5.74) is 7.90. The minimum absolute atomic E-state index is 0.323. The number of nitrogens with two attached hydrogens (primary N) is 1. The van der Waals surface area contributed by atoms with Crippen molar-refractivity contribution in [1.82, 2.24) is 0 Å². The van der Waals surface area contributed by atoms with Crippen LogP contribution in [0.4, 0.5) is 10.7 Å². The molecule has 1 aromatic rings. The van der Waals surface area contributed by atoms with E-state index in [4.69, 9.17) is 10.5 Å². The lowest BCUT2D eigenvalue weighted by Crippen LogP contribution is -2.04. The molecule has 1 aromatic heterocycles. The van der Waals surface area contributed by atoms with Gasteiger partial charge in [0.2, 0.25) is 0 Å². The van der Waals surface area contributed by atoms with Crippen molar-refractivity contribution in [3.05, 3.63) is 10.4 Å². The lowest BCUT2D eigenvalue weighted by Gasteiger charge is -2.05. The number of methoxy groups -OCH3 is 1. The van der Waals surface area contributed by atoms with Crippen LogP contribution in [0.15, 0.2) is 0 Å². The molecule has 2 saturated carbocycles. The fourth-order valence-corrected chi connectivity index (χ4v) is 3.46. The van der Waals surface area contributed by atoms with Gasteiger partial charge in [-0.1, -0.05) is 6.92 Å². The topological polar surface area (TPSA) is 64.3 Å². The molecular formula is C13H18N2O2S. The van der Waals surface area contributed by atoms with Crippen LogP contribution in [-0.2, 0) is 4.74 Å². The van der Waals surface area contributed by atoms with E-state index in [0.29, 0.717) is 22.5 Å². The molecule has 0 radical (unpaired) electrons. The number of carbonyl (C=O) groups is 1. The van der Waals surface area contributed by atoms with Crippen molar-refractivity contribution < 1.29 is 9.53 Å².